The Balaban J connectivity index is 1.43. The van der Waals surface area contributed by atoms with Gasteiger partial charge in [0, 0.05) is 35.9 Å². The Morgan fingerprint density at radius 3 is 2.74 bits per heavy atom. The molecule has 0 unspecified atom stereocenters. The van der Waals surface area contributed by atoms with Gasteiger partial charge in [0.1, 0.15) is 11.9 Å². The largest absolute Gasteiger partial charge is 0.474 e. The van der Waals surface area contributed by atoms with Crippen LogP contribution >= 0.6 is 11.6 Å². The van der Waals surface area contributed by atoms with Gasteiger partial charge in [-0.05, 0) is 57.1 Å². The number of aromatic amines is 1. The summed E-state index contributed by atoms with van der Waals surface area (Å²) in [5, 5.41) is 11.3. The van der Waals surface area contributed by atoms with Crippen molar-refractivity contribution in [2.45, 2.75) is 52.2 Å². The number of hydrogen-bond donors (Lipinski definition) is 1. The zero-order valence-electron chi connectivity index (χ0n) is 18.2. The Labute approximate surface area is 186 Å². The van der Waals surface area contributed by atoms with Gasteiger partial charge in [-0.15, -0.1) is 0 Å². The fraction of sp³-hybridized carbons (Fsp3) is 0.478. The van der Waals surface area contributed by atoms with Crippen molar-refractivity contribution in [1.82, 2.24) is 15.0 Å². The van der Waals surface area contributed by atoms with E-state index in [0.717, 1.165) is 59.5 Å². The molecule has 3 aliphatic rings. The van der Waals surface area contributed by atoms with Crippen LogP contribution in [0.3, 0.4) is 0 Å². The van der Waals surface area contributed by atoms with Crippen LogP contribution in [0.15, 0.2) is 27.4 Å². The number of likely N-dealkylation sites (N-methyl/N-ethyl adjacent to an activating group) is 1. The number of ether oxygens (including phenoxy) is 1. The summed E-state index contributed by atoms with van der Waals surface area (Å²) in [6.45, 7) is 5.25. The normalized spacial score (nSPS) is 22.9. The van der Waals surface area contributed by atoms with E-state index in [4.69, 9.17) is 16.3 Å². The number of fused-ring (bicyclic) bond motifs is 3. The van der Waals surface area contributed by atoms with Gasteiger partial charge in [0.05, 0.1) is 29.1 Å². The molecule has 0 radical (unpaired) electrons. The van der Waals surface area contributed by atoms with E-state index < -0.39 is 0 Å². The third-order valence-electron chi connectivity index (χ3n) is 6.37. The van der Waals surface area contributed by atoms with Crippen LogP contribution in [0.5, 0.6) is 5.88 Å². The van der Waals surface area contributed by atoms with Crippen molar-refractivity contribution in [2.24, 2.45) is 16.1 Å². The molecule has 1 aliphatic carbocycles. The van der Waals surface area contributed by atoms with E-state index >= 15 is 0 Å². The van der Waals surface area contributed by atoms with Crippen molar-refractivity contribution >= 4 is 29.1 Å². The lowest BCUT2D eigenvalue weighted by Crippen LogP contribution is -2.28. The molecular weight excluding hydrogens is 412 g/mol. The molecule has 0 bridgehead atoms. The lowest BCUT2D eigenvalue weighted by Gasteiger charge is -2.30. The van der Waals surface area contributed by atoms with Gasteiger partial charge in [0.25, 0.3) is 0 Å². The van der Waals surface area contributed by atoms with E-state index in [1.54, 1.807) is 0 Å². The molecule has 8 heteroatoms. The summed E-state index contributed by atoms with van der Waals surface area (Å²) in [6.07, 6.45) is 8.11. The zero-order valence-corrected chi connectivity index (χ0v) is 18.9. The van der Waals surface area contributed by atoms with Crippen LogP contribution in [0.2, 0.25) is 0 Å². The van der Waals surface area contributed by atoms with Gasteiger partial charge in [0.15, 0.2) is 0 Å². The highest BCUT2D eigenvalue weighted by Crippen LogP contribution is 2.38. The van der Waals surface area contributed by atoms with Gasteiger partial charge in [-0.25, -0.2) is 4.98 Å². The minimum Gasteiger partial charge on any atom is -0.474 e. The van der Waals surface area contributed by atoms with Gasteiger partial charge in [-0.2, -0.15) is 15.2 Å². The second-order valence-corrected chi connectivity index (χ2v) is 9.02. The molecule has 1 saturated carbocycles. The predicted molar refractivity (Wildman–Crippen MR) is 122 cm³/mol. The highest BCUT2D eigenvalue weighted by molar-refractivity contribution is 6.36. The van der Waals surface area contributed by atoms with Gasteiger partial charge in [-0.1, -0.05) is 11.6 Å². The topological polar surface area (TPSA) is 78.8 Å². The fourth-order valence-corrected chi connectivity index (χ4v) is 5.28. The van der Waals surface area contributed by atoms with Crippen LogP contribution in [-0.4, -0.2) is 34.6 Å². The number of H-pyrrole nitrogens is 1. The van der Waals surface area contributed by atoms with Gasteiger partial charge >= 0.3 is 0 Å². The molecule has 0 spiro atoms. The first kappa shape index (κ1) is 20.2. The molecule has 4 heterocycles. The quantitative estimate of drug-likeness (QED) is 0.795. The van der Waals surface area contributed by atoms with Crippen LogP contribution in [0, 0.1) is 19.8 Å². The van der Waals surface area contributed by atoms with Crippen molar-refractivity contribution in [1.29, 1.82) is 0 Å². The molecule has 0 amide bonds. The number of anilines is 1. The lowest BCUT2D eigenvalue weighted by molar-refractivity contribution is 0.136. The summed E-state index contributed by atoms with van der Waals surface area (Å²) in [4.78, 5) is 14.6. The first-order valence-corrected chi connectivity index (χ1v) is 11.3. The second kappa shape index (κ2) is 8.11. The maximum atomic E-state index is 6.85. The SMILES string of the molecule is Cc1cc(OC2CCC(C3=c4[nH]c5c(c4N(C)CC=C3Cl)CN=NC=5)CC2)nc(C)n1. The Morgan fingerprint density at radius 1 is 1.16 bits per heavy atom. The summed E-state index contributed by atoms with van der Waals surface area (Å²) in [5.41, 5.74) is 4.56. The monoisotopic (exact) mass is 438 g/mol. The van der Waals surface area contributed by atoms with Crippen molar-refractivity contribution in [3.05, 3.63) is 45.0 Å². The molecule has 2 aliphatic heterocycles. The third-order valence-corrected chi connectivity index (χ3v) is 6.73. The van der Waals surface area contributed by atoms with E-state index in [2.05, 4.69) is 43.2 Å². The second-order valence-electron chi connectivity index (χ2n) is 8.62. The molecule has 0 saturated heterocycles. The molecule has 162 valence electrons. The number of hydrogen-bond acceptors (Lipinski definition) is 6. The maximum absolute atomic E-state index is 6.85. The molecule has 1 N–H and O–H groups in total. The minimum absolute atomic E-state index is 0.170. The third kappa shape index (κ3) is 3.87. The summed E-state index contributed by atoms with van der Waals surface area (Å²) in [6, 6.07) is 1.91. The van der Waals surface area contributed by atoms with Crippen molar-refractivity contribution < 1.29 is 4.74 Å². The van der Waals surface area contributed by atoms with Gasteiger partial charge in [0.2, 0.25) is 5.88 Å². The number of allylic oxidation sites excluding steroid dienone is 1. The minimum atomic E-state index is 0.170. The number of azo groups is 1. The van der Waals surface area contributed by atoms with E-state index in [1.165, 1.54) is 16.8 Å². The summed E-state index contributed by atoms with van der Waals surface area (Å²) in [5.74, 6) is 1.81. The highest BCUT2D eigenvalue weighted by Gasteiger charge is 2.30. The Morgan fingerprint density at radius 2 is 1.97 bits per heavy atom. The van der Waals surface area contributed by atoms with Crippen molar-refractivity contribution in [3.8, 4) is 5.88 Å². The van der Waals surface area contributed by atoms with Crippen molar-refractivity contribution in [2.75, 3.05) is 18.5 Å². The average Bonchev–Trinajstić information content (AvgIpc) is 3.06. The number of aryl methyl sites for hydroxylation is 2. The number of nitrogens with zero attached hydrogens (tertiary/aromatic N) is 5. The van der Waals surface area contributed by atoms with Crippen LogP contribution < -0.4 is 20.3 Å². The molecule has 2 aromatic heterocycles. The van der Waals surface area contributed by atoms with Gasteiger partial charge < -0.3 is 14.6 Å². The molecule has 7 nitrogen and oxygen atoms in total. The molecule has 0 aromatic carbocycles. The van der Waals surface area contributed by atoms with Crippen LogP contribution in [0.4, 0.5) is 5.69 Å². The molecule has 5 rings (SSSR count). The molecule has 1 fully saturated rings. The lowest BCUT2D eigenvalue weighted by atomic mass is 9.81. The highest BCUT2D eigenvalue weighted by atomic mass is 35.5. The number of halogens is 1. The Bertz CT molecular complexity index is 1170. The zero-order chi connectivity index (χ0) is 21.5. The predicted octanol–water partition coefficient (Wildman–Crippen LogP) is 3.49. The van der Waals surface area contributed by atoms with E-state index in [9.17, 15) is 0 Å². The molecular formula is C23H27ClN6O. The summed E-state index contributed by atoms with van der Waals surface area (Å²) in [7, 11) is 2.11. The molecule has 31 heavy (non-hydrogen) atoms. The van der Waals surface area contributed by atoms with Crippen LogP contribution in [-0.2, 0) is 6.54 Å². The van der Waals surface area contributed by atoms with E-state index in [0.29, 0.717) is 18.3 Å². The van der Waals surface area contributed by atoms with Crippen LogP contribution in [0.25, 0.3) is 11.8 Å². The molecule has 0 atom stereocenters. The molecule has 2 aromatic rings. The number of aromatic nitrogens is 3. The van der Waals surface area contributed by atoms with Crippen molar-refractivity contribution in [3.63, 3.8) is 0 Å². The van der Waals surface area contributed by atoms with Gasteiger partial charge in [-0.3, -0.25) is 0 Å². The summed E-state index contributed by atoms with van der Waals surface area (Å²) >= 11 is 6.85. The number of rotatable bonds is 3. The fourth-order valence-electron chi connectivity index (χ4n) is 4.96. The standard InChI is InChI=1S/C23H27ClN6O/c1-13-10-20(28-14(2)27-13)31-16-6-4-15(5-7-16)21-18(24)8-9-30(3)23-17-11-25-26-12-19(17)29-22(21)23/h8,10,12,15-16,29H,4-7,9,11H2,1-3H3. The van der Waals surface area contributed by atoms with E-state index in [1.807, 2.05) is 26.1 Å². The Kier molecular flexibility index (Phi) is 5.30. The maximum Gasteiger partial charge on any atom is 0.217 e. The smallest absolute Gasteiger partial charge is 0.217 e. The first-order valence-electron chi connectivity index (χ1n) is 10.9. The first-order chi connectivity index (χ1) is 15.0. The average molecular weight is 439 g/mol. The van der Waals surface area contributed by atoms with Crippen LogP contribution in [0.1, 0.15) is 42.8 Å². The summed E-state index contributed by atoms with van der Waals surface area (Å²) < 4.78 is 6.20. The van der Waals surface area contributed by atoms with E-state index in [-0.39, 0.29) is 6.10 Å². The Hall–Kier alpha value is -2.67. The number of nitrogens with one attached hydrogen (secondary N) is 1.